The molecule has 0 spiro atoms. The summed E-state index contributed by atoms with van der Waals surface area (Å²) in [7, 11) is 0. The van der Waals surface area contributed by atoms with Gasteiger partial charge in [-0.15, -0.1) is 0 Å². The van der Waals surface area contributed by atoms with Gasteiger partial charge in [0.05, 0.1) is 0 Å². The molecule has 1 aliphatic carbocycles. The third-order valence-electron chi connectivity index (χ3n) is 3.60. The minimum Gasteiger partial charge on any atom is -0.313 e. The first-order valence-electron chi connectivity index (χ1n) is 7.36. The lowest BCUT2D eigenvalue weighted by atomic mass is 10.1. The maximum atomic E-state index is 3.47. The predicted octanol–water partition coefficient (Wildman–Crippen LogP) is 3.17. The molecule has 0 bridgehead atoms. The molecule has 1 aromatic rings. The molecular weight excluding hydrogens is 220 g/mol. The van der Waals surface area contributed by atoms with Crippen molar-refractivity contribution in [1.29, 1.82) is 0 Å². The van der Waals surface area contributed by atoms with Crippen LogP contribution in [0.15, 0.2) is 24.3 Å². The summed E-state index contributed by atoms with van der Waals surface area (Å²) < 4.78 is 0. The zero-order valence-corrected chi connectivity index (χ0v) is 11.8. The molecule has 0 amide bonds. The highest BCUT2D eigenvalue weighted by atomic mass is 15.2. The second kappa shape index (κ2) is 6.91. The monoisotopic (exact) mass is 246 g/mol. The second-order valence-corrected chi connectivity index (χ2v) is 5.29. The van der Waals surface area contributed by atoms with E-state index in [0.29, 0.717) is 0 Å². The Bertz CT molecular complexity index is 358. The topological polar surface area (TPSA) is 15.3 Å². The average molecular weight is 246 g/mol. The number of benzene rings is 1. The van der Waals surface area contributed by atoms with Crippen LogP contribution in [0.4, 0.5) is 0 Å². The minimum absolute atomic E-state index is 0.858. The van der Waals surface area contributed by atoms with E-state index >= 15 is 0 Å². The van der Waals surface area contributed by atoms with E-state index < -0.39 is 0 Å². The van der Waals surface area contributed by atoms with E-state index in [9.17, 15) is 0 Å². The molecule has 2 nitrogen and oxygen atoms in total. The maximum absolute atomic E-state index is 3.47. The van der Waals surface area contributed by atoms with E-state index in [2.05, 4.69) is 48.3 Å². The van der Waals surface area contributed by atoms with Crippen molar-refractivity contribution in [3.05, 3.63) is 35.4 Å². The Hall–Kier alpha value is -0.860. The number of rotatable bonds is 8. The molecule has 0 unspecified atom stereocenters. The Morgan fingerprint density at radius 1 is 1.22 bits per heavy atom. The van der Waals surface area contributed by atoms with Crippen LogP contribution >= 0.6 is 0 Å². The number of hydrogen-bond acceptors (Lipinski definition) is 2. The van der Waals surface area contributed by atoms with E-state index in [-0.39, 0.29) is 0 Å². The van der Waals surface area contributed by atoms with Crippen molar-refractivity contribution in [3.8, 4) is 0 Å². The smallest absolute Gasteiger partial charge is 0.0236 e. The summed E-state index contributed by atoms with van der Waals surface area (Å²) in [5.74, 6) is 0. The van der Waals surface area contributed by atoms with Crippen molar-refractivity contribution in [2.24, 2.45) is 0 Å². The van der Waals surface area contributed by atoms with Gasteiger partial charge >= 0.3 is 0 Å². The fourth-order valence-corrected chi connectivity index (χ4v) is 2.42. The fraction of sp³-hybridized carbons (Fsp3) is 0.625. The van der Waals surface area contributed by atoms with E-state index in [0.717, 1.165) is 25.7 Å². The molecule has 1 fully saturated rings. The van der Waals surface area contributed by atoms with Gasteiger partial charge in [0.25, 0.3) is 0 Å². The van der Waals surface area contributed by atoms with Gasteiger partial charge in [0, 0.05) is 19.1 Å². The molecule has 1 N–H and O–H groups in total. The van der Waals surface area contributed by atoms with Crippen molar-refractivity contribution in [3.63, 3.8) is 0 Å². The van der Waals surface area contributed by atoms with Crippen molar-refractivity contribution in [2.45, 2.75) is 52.2 Å². The second-order valence-electron chi connectivity index (χ2n) is 5.29. The quantitative estimate of drug-likeness (QED) is 0.709. The number of hydrogen-bond donors (Lipinski definition) is 1. The summed E-state index contributed by atoms with van der Waals surface area (Å²) in [6, 6.07) is 9.89. The van der Waals surface area contributed by atoms with Gasteiger partial charge in [-0.2, -0.15) is 0 Å². The van der Waals surface area contributed by atoms with Crippen molar-refractivity contribution >= 4 is 0 Å². The van der Waals surface area contributed by atoms with Crippen molar-refractivity contribution in [2.75, 3.05) is 13.1 Å². The Morgan fingerprint density at radius 2 is 2.00 bits per heavy atom. The van der Waals surface area contributed by atoms with Crippen LogP contribution in [0.25, 0.3) is 0 Å². The summed E-state index contributed by atoms with van der Waals surface area (Å²) in [6.45, 7) is 8.86. The SMILES string of the molecule is CCCNCc1cccc(CN(CC)C2CC2)c1. The van der Waals surface area contributed by atoms with Crippen LogP contribution < -0.4 is 5.32 Å². The first-order chi connectivity index (χ1) is 8.83. The van der Waals surface area contributed by atoms with E-state index in [4.69, 9.17) is 0 Å². The summed E-state index contributed by atoms with van der Waals surface area (Å²) in [6.07, 6.45) is 3.99. The van der Waals surface area contributed by atoms with E-state index in [1.54, 1.807) is 0 Å². The Kier molecular flexibility index (Phi) is 5.21. The van der Waals surface area contributed by atoms with Crippen LogP contribution in [-0.2, 0) is 13.1 Å². The molecule has 0 saturated heterocycles. The molecule has 0 atom stereocenters. The lowest BCUT2D eigenvalue weighted by Crippen LogP contribution is -2.25. The van der Waals surface area contributed by atoms with Gasteiger partial charge in [-0.05, 0) is 43.5 Å². The van der Waals surface area contributed by atoms with Crippen LogP contribution in [0.3, 0.4) is 0 Å². The van der Waals surface area contributed by atoms with Crippen LogP contribution in [0.1, 0.15) is 44.2 Å². The van der Waals surface area contributed by atoms with Crippen LogP contribution in [0.5, 0.6) is 0 Å². The minimum atomic E-state index is 0.858. The molecule has 2 rings (SSSR count). The third kappa shape index (κ3) is 4.11. The molecule has 1 saturated carbocycles. The lowest BCUT2D eigenvalue weighted by molar-refractivity contribution is 0.269. The van der Waals surface area contributed by atoms with Gasteiger partial charge in [0.1, 0.15) is 0 Å². The molecular formula is C16H26N2. The van der Waals surface area contributed by atoms with Gasteiger partial charge in [0.15, 0.2) is 0 Å². The standard InChI is InChI=1S/C16H26N2/c1-3-10-17-12-14-6-5-7-15(11-14)13-18(4-2)16-8-9-16/h5-7,11,16-17H,3-4,8-10,12-13H2,1-2H3. The zero-order chi connectivity index (χ0) is 12.8. The molecule has 1 aliphatic rings. The van der Waals surface area contributed by atoms with Crippen LogP contribution in [-0.4, -0.2) is 24.0 Å². The highest BCUT2D eigenvalue weighted by Gasteiger charge is 2.27. The molecule has 100 valence electrons. The largest absolute Gasteiger partial charge is 0.313 e. The van der Waals surface area contributed by atoms with E-state index in [1.807, 2.05) is 0 Å². The molecule has 0 aromatic heterocycles. The first kappa shape index (κ1) is 13.6. The van der Waals surface area contributed by atoms with Crippen molar-refractivity contribution in [1.82, 2.24) is 10.2 Å². The molecule has 0 heterocycles. The molecule has 0 radical (unpaired) electrons. The molecule has 2 heteroatoms. The summed E-state index contributed by atoms with van der Waals surface area (Å²) >= 11 is 0. The van der Waals surface area contributed by atoms with Gasteiger partial charge in [0.2, 0.25) is 0 Å². The normalized spacial score (nSPS) is 15.3. The molecule has 1 aromatic carbocycles. The highest BCUT2D eigenvalue weighted by molar-refractivity contribution is 5.23. The maximum Gasteiger partial charge on any atom is 0.0236 e. The van der Waals surface area contributed by atoms with E-state index in [1.165, 1.54) is 36.9 Å². The summed E-state index contributed by atoms with van der Waals surface area (Å²) in [4.78, 5) is 2.60. The van der Waals surface area contributed by atoms with Gasteiger partial charge in [-0.1, -0.05) is 38.1 Å². The highest BCUT2D eigenvalue weighted by Crippen LogP contribution is 2.27. The lowest BCUT2D eigenvalue weighted by Gasteiger charge is -2.20. The third-order valence-corrected chi connectivity index (χ3v) is 3.60. The Morgan fingerprint density at radius 3 is 2.67 bits per heavy atom. The van der Waals surface area contributed by atoms with Gasteiger partial charge in [-0.3, -0.25) is 4.90 Å². The predicted molar refractivity (Wildman–Crippen MR) is 77.5 cm³/mol. The summed E-state index contributed by atoms with van der Waals surface area (Å²) in [5.41, 5.74) is 2.87. The first-order valence-corrected chi connectivity index (χ1v) is 7.36. The Labute approximate surface area is 111 Å². The number of nitrogens with one attached hydrogen (secondary N) is 1. The van der Waals surface area contributed by atoms with Gasteiger partial charge < -0.3 is 5.32 Å². The van der Waals surface area contributed by atoms with Crippen LogP contribution in [0, 0.1) is 0 Å². The van der Waals surface area contributed by atoms with Crippen LogP contribution in [0.2, 0.25) is 0 Å². The fourth-order valence-electron chi connectivity index (χ4n) is 2.42. The molecule has 18 heavy (non-hydrogen) atoms. The van der Waals surface area contributed by atoms with Gasteiger partial charge in [-0.25, -0.2) is 0 Å². The Balaban J connectivity index is 1.89. The summed E-state index contributed by atoms with van der Waals surface area (Å²) in [5, 5.41) is 3.47. The molecule has 0 aliphatic heterocycles. The zero-order valence-electron chi connectivity index (χ0n) is 11.8. The number of nitrogens with zero attached hydrogens (tertiary/aromatic N) is 1. The average Bonchev–Trinajstić information content (AvgIpc) is 3.21. The van der Waals surface area contributed by atoms with Crippen molar-refractivity contribution < 1.29 is 0 Å².